The molecule has 0 saturated heterocycles. The molecule has 0 radical (unpaired) electrons. The number of hydrogen-bond donors (Lipinski definition) is 2. The molecule has 0 aliphatic heterocycles. The first kappa shape index (κ1) is 23.0. The highest BCUT2D eigenvalue weighted by Crippen LogP contribution is 2.27. The molecule has 29 heavy (non-hydrogen) atoms. The van der Waals surface area contributed by atoms with Crippen LogP contribution in [-0.2, 0) is 9.59 Å². The number of carbonyl (C=O) groups is 2. The lowest BCUT2D eigenvalue weighted by Crippen LogP contribution is -2.47. The summed E-state index contributed by atoms with van der Waals surface area (Å²) in [7, 11) is 0. The fourth-order valence-corrected chi connectivity index (χ4v) is 3.75. The van der Waals surface area contributed by atoms with E-state index in [1.54, 1.807) is 0 Å². The maximum absolute atomic E-state index is 12.8. The van der Waals surface area contributed by atoms with Crippen LogP contribution in [0.2, 0.25) is 0 Å². The minimum atomic E-state index is -0.579. The number of benzene rings is 1. The predicted octanol–water partition coefficient (Wildman–Crippen LogP) is 4.95. The maximum atomic E-state index is 12.8. The largest absolute Gasteiger partial charge is 0.344 e. The van der Waals surface area contributed by atoms with Crippen LogP contribution in [0.25, 0.3) is 10.6 Å². The van der Waals surface area contributed by atoms with E-state index in [1.165, 1.54) is 11.3 Å². The van der Waals surface area contributed by atoms with E-state index >= 15 is 0 Å². The number of hydrogen-bond acceptors (Lipinski definition) is 5. The molecular weight excluding hydrogens is 384 g/mol. The van der Waals surface area contributed by atoms with E-state index in [4.69, 9.17) is 0 Å². The van der Waals surface area contributed by atoms with Crippen molar-refractivity contribution in [1.82, 2.24) is 15.5 Å². The Morgan fingerprint density at radius 3 is 2.62 bits per heavy atom. The Hall–Kier alpha value is -2.28. The normalized spacial score (nSPS) is 13.0. The van der Waals surface area contributed by atoms with Gasteiger partial charge in [-0.25, -0.2) is 0 Å². The average molecular weight is 417 g/mol. The molecule has 0 aliphatic carbocycles. The number of rotatable bonds is 11. The summed E-state index contributed by atoms with van der Waals surface area (Å²) in [5, 5.41) is 15.2. The third kappa shape index (κ3) is 7.24. The lowest BCUT2D eigenvalue weighted by atomic mass is 9.98. The van der Waals surface area contributed by atoms with Crippen molar-refractivity contribution < 1.29 is 9.59 Å². The summed E-state index contributed by atoms with van der Waals surface area (Å²) in [5.41, 5.74) is 2.11. The highest BCUT2D eigenvalue weighted by atomic mass is 32.1. The second-order valence-electron chi connectivity index (χ2n) is 7.51. The van der Waals surface area contributed by atoms with Gasteiger partial charge < -0.3 is 5.32 Å². The zero-order valence-electron chi connectivity index (χ0n) is 17.8. The van der Waals surface area contributed by atoms with Crippen LogP contribution in [0.15, 0.2) is 24.3 Å². The van der Waals surface area contributed by atoms with Crippen LogP contribution in [0.5, 0.6) is 0 Å². The molecule has 1 aromatic heterocycles. The van der Waals surface area contributed by atoms with Gasteiger partial charge >= 0.3 is 0 Å². The fraction of sp³-hybridized carbons (Fsp3) is 0.545. The molecule has 0 aliphatic rings. The molecule has 2 aromatic rings. The van der Waals surface area contributed by atoms with Crippen LogP contribution in [0, 0.1) is 12.8 Å². The number of carbonyl (C=O) groups excluding carboxylic acids is 2. The fourth-order valence-electron chi connectivity index (χ4n) is 3.01. The minimum Gasteiger partial charge on any atom is -0.344 e. The van der Waals surface area contributed by atoms with E-state index in [1.807, 2.05) is 45.0 Å². The van der Waals surface area contributed by atoms with Gasteiger partial charge in [0.2, 0.25) is 16.9 Å². The van der Waals surface area contributed by atoms with Gasteiger partial charge in [0, 0.05) is 12.0 Å². The van der Waals surface area contributed by atoms with Crippen molar-refractivity contribution in [3.63, 3.8) is 0 Å². The average Bonchev–Trinajstić information content (AvgIpc) is 3.17. The van der Waals surface area contributed by atoms with Crippen LogP contribution in [-0.4, -0.2) is 28.1 Å². The molecule has 158 valence electrons. The molecule has 2 N–H and O–H groups in total. The standard InChI is InChI=1S/C22H32N4O2S/c1-5-7-8-9-13-18(27)23-19(16(4)6-2)20(28)24-22-26-25-21(29-22)17-12-10-11-15(3)14-17/h10-12,14,16,19H,5-9,13H2,1-4H3,(H,23,27)(H,24,26,28)/t16-,19+/m0/s1. The number of nitrogens with one attached hydrogen (secondary N) is 2. The van der Waals surface area contributed by atoms with E-state index in [0.717, 1.165) is 48.2 Å². The summed E-state index contributed by atoms with van der Waals surface area (Å²) in [5.74, 6) is -0.286. The van der Waals surface area contributed by atoms with Crippen LogP contribution < -0.4 is 10.6 Å². The van der Waals surface area contributed by atoms with Crippen LogP contribution in [0.3, 0.4) is 0 Å². The van der Waals surface area contributed by atoms with E-state index < -0.39 is 6.04 Å². The minimum absolute atomic E-state index is 0.0266. The first-order valence-electron chi connectivity index (χ1n) is 10.4. The van der Waals surface area contributed by atoms with Crippen molar-refractivity contribution in [3.05, 3.63) is 29.8 Å². The van der Waals surface area contributed by atoms with Crippen LogP contribution in [0.1, 0.15) is 64.9 Å². The van der Waals surface area contributed by atoms with Crippen molar-refractivity contribution in [2.24, 2.45) is 5.92 Å². The second kappa shape index (κ2) is 11.7. The van der Waals surface area contributed by atoms with Gasteiger partial charge in [-0.2, -0.15) is 0 Å². The molecule has 2 rings (SSSR count). The number of aromatic nitrogens is 2. The van der Waals surface area contributed by atoms with Crippen LogP contribution in [0.4, 0.5) is 5.13 Å². The molecule has 7 heteroatoms. The van der Waals surface area contributed by atoms with Crippen molar-refractivity contribution in [3.8, 4) is 10.6 Å². The Morgan fingerprint density at radius 2 is 1.93 bits per heavy atom. The maximum Gasteiger partial charge on any atom is 0.249 e. The molecule has 1 heterocycles. The molecule has 0 fully saturated rings. The molecule has 6 nitrogen and oxygen atoms in total. The van der Waals surface area contributed by atoms with E-state index in [0.29, 0.717) is 11.6 Å². The Labute approximate surface area is 177 Å². The zero-order valence-corrected chi connectivity index (χ0v) is 18.6. The number of nitrogens with zero attached hydrogens (tertiary/aromatic N) is 2. The summed E-state index contributed by atoms with van der Waals surface area (Å²) >= 11 is 1.33. The quantitative estimate of drug-likeness (QED) is 0.508. The van der Waals surface area contributed by atoms with Gasteiger partial charge in [0.05, 0.1) is 0 Å². The molecule has 1 aromatic carbocycles. The third-order valence-electron chi connectivity index (χ3n) is 4.99. The smallest absolute Gasteiger partial charge is 0.249 e. The Morgan fingerprint density at radius 1 is 1.14 bits per heavy atom. The Bertz CT molecular complexity index is 806. The second-order valence-corrected chi connectivity index (χ2v) is 8.49. The summed E-state index contributed by atoms with van der Waals surface area (Å²) in [6.07, 6.45) is 5.39. The summed E-state index contributed by atoms with van der Waals surface area (Å²) in [6, 6.07) is 7.42. The Balaban J connectivity index is 2.00. The third-order valence-corrected chi connectivity index (χ3v) is 5.88. The molecule has 2 amide bonds. The van der Waals surface area contributed by atoms with Crippen molar-refractivity contribution in [2.75, 3.05) is 5.32 Å². The first-order chi connectivity index (χ1) is 13.9. The monoisotopic (exact) mass is 416 g/mol. The zero-order chi connectivity index (χ0) is 21.2. The molecule has 0 bridgehead atoms. The van der Waals surface area contributed by atoms with Gasteiger partial charge in [0.1, 0.15) is 11.0 Å². The number of unbranched alkanes of at least 4 members (excludes halogenated alkanes) is 3. The molecule has 0 unspecified atom stereocenters. The first-order valence-corrected chi connectivity index (χ1v) is 11.3. The summed E-state index contributed by atoms with van der Waals surface area (Å²) in [6.45, 7) is 8.15. The highest BCUT2D eigenvalue weighted by Gasteiger charge is 2.26. The topological polar surface area (TPSA) is 84.0 Å². The van der Waals surface area contributed by atoms with Gasteiger partial charge in [-0.1, -0.05) is 81.6 Å². The van der Waals surface area contributed by atoms with Crippen molar-refractivity contribution in [1.29, 1.82) is 0 Å². The van der Waals surface area contributed by atoms with E-state index in [9.17, 15) is 9.59 Å². The summed E-state index contributed by atoms with van der Waals surface area (Å²) < 4.78 is 0. The van der Waals surface area contributed by atoms with Gasteiger partial charge in [-0.3, -0.25) is 14.9 Å². The van der Waals surface area contributed by atoms with E-state index in [-0.39, 0.29) is 17.7 Å². The lowest BCUT2D eigenvalue weighted by molar-refractivity contribution is -0.127. The highest BCUT2D eigenvalue weighted by molar-refractivity contribution is 7.18. The molecule has 2 atom stereocenters. The lowest BCUT2D eigenvalue weighted by Gasteiger charge is -2.23. The predicted molar refractivity (Wildman–Crippen MR) is 119 cm³/mol. The number of anilines is 1. The van der Waals surface area contributed by atoms with Gasteiger partial charge in [0.15, 0.2) is 0 Å². The van der Waals surface area contributed by atoms with Gasteiger partial charge in [-0.05, 0) is 25.3 Å². The van der Waals surface area contributed by atoms with Crippen LogP contribution >= 0.6 is 11.3 Å². The van der Waals surface area contributed by atoms with Crippen molar-refractivity contribution >= 4 is 28.3 Å². The SMILES string of the molecule is CCCCCCC(=O)N[C@@H](C(=O)Nc1nnc(-c2cccc(C)c2)s1)[C@@H](C)CC. The Kier molecular flexibility index (Phi) is 9.25. The van der Waals surface area contributed by atoms with E-state index in [2.05, 4.69) is 27.8 Å². The van der Waals surface area contributed by atoms with Gasteiger partial charge in [-0.15, -0.1) is 10.2 Å². The summed E-state index contributed by atoms with van der Waals surface area (Å²) in [4.78, 5) is 25.1. The number of aryl methyl sites for hydroxylation is 1. The van der Waals surface area contributed by atoms with Crippen molar-refractivity contribution in [2.45, 2.75) is 72.3 Å². The molecular formula is C22H32N4O2S. The molecule has 0 saturated carbocycles. The number of amides is 2. The molecule has 0 spiro atoms. The van der Waals surface area contributed by atoms with Gasteiger partial charge in [0.25, 0.3) is 0 Å².